The van der Waals surface area contributed by atoms with Crippen molar-refractivity contribution in [3.8, 4) is 0 Å². The molecule has 0 bridgehead atoms. The van der Waals surface area contributed by atoms with E-state index in [0.29, 0.717) is 6.42 Å². The summed E-state index contributed by atoms with van der Waals surface area (Å²) in [6.07, 6.45) is 2.16. The summed E-state index contributed by atoms with van der Waals surface area (Å²) >= 11 is 3.11. The highest BCUT2D eigenvalue weighted by Crippen LogP contribution is 2.29. The van der Waals surface area contributed by atoms with E-state index in [1.807, 2.05) is 12.3 Å². The summed E-state index contributed by atoms with van der Waals surface area (Å²) in [7, 11) is 0. The summed E-state index contributed by atoms with van der Waals surface area (Å²) in [6.45, 7) is 3.49. The fourth-order valence-corrected chi connectivity index (χ4v) is 3.30. The number of hydrogen-bond acceptors (Lipinski definition) is 5. The monoisotopic (exact) mass is 246 g/mol. The zero-order valence-corrected chi connectivity index (χ0v) is 10.3. The fourth-order valence-electron chi connectivity index (χ4n) is 1.17. The number of rotatable bonds is 5. The molecule has 2 unspecified atom stereocenters. The molecule has 4 nitrogen and oxygen atoms in total. The Kier molecular flexibility index (Phi) is 4.12. The minimum Gasteiger partial charge on any atom is -0.480 e. The Bertz CT molecular complexity index is 325. The van der Waals surface area contributed by atoms with Gasteiger partial charge in [-0.05, 0) is 13.3 Å². The molecule has 0 saturated heterocycles. The lowest BCUT2D eigenvalue weighted by Gasteiger charge is -2.22. The predicted molar refractivity (Wildman–Crippen MR) is 62.3 cm³/mol. The van der Waals surface area contributed by atoms with Crippen molar-refractivity contribution in [2.24, 2.45) is 5.73 Å². The molecule has 0 aromatic carbocycles. The van der Waals surface area contributed by atoms with Gasteiger partial charge in [0.25, 0.3) is 0 Å². The van der Waals surface area contributed by atoms with Crippen molar-refractivity contribution < 1.29 is 9.90 Å². The molecule has 0 amide bonds. The van der Waals surface area contributed by atoms with Crippen molar-refractivity contribution in [1.82, 2.24) is 4.98 Å². The Labute approximate surface area is 96.9 Å². The molecular formula is C9H14N2O2S2. The van der Waals surface area contributed by atoms with Gasteiger partial charge in [-0.1, -0.05) is 18.7 Å². The molecule has 0 radical (unpaired) electrons. The molecule has 1 aromatic rings. The van der Waals surface area contributed by atoms with E-state index in [4.69, 9.17) is 10.8 Å². The first-order chi connectivity index (χ1) is 6.92. The Morgan fingerprint density at radius 2 is 2.53 bits per heavy atom. The van der Waals surface area contributed by atoms with Crippen molar-refractivity contribution in [2.45, 2.75) is 35.4 Å². The van der Waals surface area contributed by atoms with Crippen LogP contribution in [0.2, 0.25) is 0 Å². The van der Waals surface area contributed by atoms with E-state index < -0.39 is 11.5 Å². The van der Waals surface area contributed by atoms with Crippen LogP contribution in [0, 0.1) is 0 Å². The number of hydrogen-bond donors (Lipinski definition) is 2. The first kappa shape index (κ1) is 12.5. The van der Waals surface area contributed by atoms with Crippen molar-refractivity contribution in [1.29, 1.82) is 0 Å². The lowest BCUT2D eigenvalue weighted by Crippen LogP contribution is -2.46. The van der Waals surface area contributed by atoms with Crippen LogP contribution in [0.5, 0.6) is 0 Å². The van der Waals surface area contributed by atoms with Crippen molar-refractivity contribution in [2.75, 3.05) is 0 Å². The highest BCUT2D eigenvalue weighted by Gasteiger charge is 2.30. The van der Waals surface area contributed by atoms with Crippen LogP contribution >= 0.6 is 23.1 Å². The summed E-state index contributed by atoms with van der Waals surface area (Å²) in [5.41, 5.74) is 4.50. The van der Waals surface area contributed by atoms with E-state index in [1.54, 1.807) is 29.3 Å². The minimum atomic E-state index is -1.16. The van der Waals surface area contributed by atoms with Crippen LogP contribution in [0.1, 0.15) is 20.3 Å². The van der Waals surface area contributed by atoms with Gasteiger partial charge >= 0.3 is 5.97 Å². The lowest BCUT2D eigenvalue weighted by molar-refractivity contribution is -0.142. The summed E-state index contributed by atoms with van der Waals surface area (Å²) in [6, 6.07) is 0. The summed E-state index contributed by atoms with van der Waals surface area (Å²) in [5, 5.41) is 10.9. The number of thiazole rings is 1. The van der Waals surface area contributed by atoms with Crippen LogP contribution in [0.4, 0.5) is 0 Å². The average molecular weight is 246 g/mol. The topological polar surface area (TPSA) is 76.2 Å². The number of nitrogens with two attached hydrogens (primary N) is 1. The molecule has 0 saturated carbocycles. The Morgan fingerprint density at radius 3 is 3.00 bits per heavy atom. The van der Waals surface area contributed by atoms with E-state index in [2.05, 4.69) is 4.98 Å². The highest BCUT2D eigenvalue weighted by atomic mass is 32.2. The normalized spacial score (nSPS) is 17.0. The van der Waals surface area contributed by atoms with Gasteiger partial charge in [-0.2, -0.15) is 0 Å². The molecule has 0 aliphatic carbocycles. The number of aromatic nitrogens is 1. The summed E-state index contributed by atoms with van der Waals surface area (Å²) < 4.78 is 0.948. The highest BCUT2D eigenvalue weighted by molar-refractivity contribution is 8.01. The maximum Gasteiger partial charge on any atom is 0.323 e. The van der Waals surface area contributed by atoms with E-state index in [0.717, 1.165) is 4.34 Å². The molecule has 0 spiro atoms. The second-order valence-corrected chi connectivity index (χ2v) is 6.23. The Hall–Kier alpha value is -0.590. The fraction of sp³-hybridized carbons (Fsp3) is 0.556. The van der Waals surface area contributed by atoms with Gasteiger partial charge in [0.15, 0.2) is 0 Å². The van der Waals surface area contributed by atoms with Crippen molar-refractivity contribution in [3.05, 3.63) is 11.6 Å². The molecule has 1 aromatic heterocycles. The average Bonchev–Trinajstić information content (AvgIpc) is 2.54. The molecule has 3 N–H and O–H groups in total. The molecule has 2 atom stereocenters. The van der Waals surface area contributed by atoms with Crippen LogP contribution in [-0.4, -0.2) is 26.8 Å². The zero-order chi connectivity index (χ0) is 11.5. The molecule has 6 heteroatoms. The van der Waals surface area contributed by atoms with Gasteiger partial charge in [-0.25, -0.2) is 4.98 Å². The summed E-state index contributed by atoms with van der Waals surface area (Å²) in [4.78, 5) is 14.9. The molecule has 1 heterocycles. The largest absolute Gasteiger partial charge is 0.480 e. The lowest BCUT2D eigenvalue weighted by atomic mass is 9.98. The van der Waals surface area contributed by atoms with Gasteiger partial charge in [-0.15, -0.1) is 11.3 Å². The number of carboxylic acid groups (broad SMARTS) is 1. The van der Waals surface area contributed by atoms with Gasteiger partial charge in [0, 0.05) is 16.8 Å². The maximum absolute atomic E-state index is 10.8. The van der Waals surface area contributed by atoms with Gasteiger partial charge < -0.3 is 10.8 Å². The number of carboxylic acids is 1. The van der Waals surface area contributed by atoms with Gasteiger partial charge in [-0.3, -0.25) is 4.79 Å². The molecule has 0 aliphatic heterocycles. The third-order valence-electron chi connectivity index (χ3n) is 1.91. The van der Waals surface area contributed by atoms with Gasteiger partial charge in [0.1, 0.15) is 9.88 Å². The second kappa shape index (κ2) is 4.96. The van der Waals surface area contributed by atoms with Crippen LogP contribution < -0.4 is 5.73 Å². The molecular weight excluding hydrogens is 232 g/mol. The number of thioether (sulfide) groups is 1. The zero-order valence-electron chi connectivity index (χ0n) is 8.64. The summed E-state index contributed by atoms with van der Waals surface area (Å²) in [5.74, 6) is -0.964. The predicted octanol–water partition coefficient (Wildman–Crippen LogP) is 1.82. The van der Waals surface area contributed by atoms with Gasteiger partial charge in [0.05, 0.1) is 0 Å². The number of aliphatic carboxylic acids is 1. The van der Waals surface area contributed by atoms with Crippen molar-refractivity contribution in [3.63, 3.8) is 0 Å². The SMILES string of the molecule is CC(CC(C)(N)C(=O)O)Sc1nccs1. The van der Waals surface area contributed by atoms with E-state index in [1.165, 1.54) is 6.92 Å². The number of nitrogens with zero attached hydrogens (tertiary/aromatic N) is 1. The minimum absolute atomic E-state index is 0.141. The van der Waals surface area contributed by atoms with E-state index >= 15 is 0 Å². The molecule has 0 aliphatic rings. The standard InChI is InChI=1S/C9H14N2O2S2/c1-6(5-9(2,10)7(12)13)15-8-11-3-4-14-8/h3-4,6H,5,10H2,1-2H3,(H,12,13). The molecule has 0 fully saturated rings. The smallest absolute Gasteiger partial charge is 0.323 e. The van der Waals surface area contributed by atoms with E-state index in [-0.39, 0.29) is 5.25 Å². The Morgan fingerprint density at radius 1 is 1.87 bits per heavy atom. The third-order valence-corrected chi connectivity index (χ3v) is 3.93. The van der Waals surface area contributed by atoms with Crippen LogP contribution in [0.15, 0.2) is 15.9 Å². The maximum atomic E-state index is 10.8. The number of carbonyl (C=O) groups is 1. The third kappa shape index (κ3) is 3.81. The van der Waals surface area contributed by atoms with Crippen LogP contribution in [0.25, 0.3) is 0 Å². The quantitative estimate of drug-likeness (QED) is 0.775. The first-order valence-corrected chi connectivity index (χ1v) is 6.26. The first-order valence-electron chi connectivity index (χ1n) is 4.50. The second-order valence-electron chi connectivity index (χ2n) is 3.65. The molecule has 84 valence electrons. The van der Waals surface area contributed by atoms with Crippen LogP contribution in [-0.2, 0) is 4.79 Å². The van der Waals surface area contributed by atoms with Crippen molar-refractivity contribution >= 4 is 29.1 Å². The molecule has 15 heavy (non-hydrogen) atoms. The van der Waals surface area contributed by atoms with Crippen LogP contribution in [0.3, 0.4) is 0 Å². The van der Waals surface area contributed by atoms with Gasteiger partial charge in [0.2, 0.25) is 0 Å². The van der Waals surface area contributed by atoms with E-state index in [9.17, 15) is 4.79 Å². The molecule has 1 rings (SSSR count). The Balaban J connectivity index is 2.49.